The van der Waals surface area contributed by atoms with Crippen LogP contribution in [0.2, 0.25) is 0 Å². The van der Waals surface area contributed by atoms with E-state index in [2.05, 4.69) is 186 Å². The molecule has 0 N–H and O–H groups in total. The van der Waals surface area contributed by atoms with Gasteiger partial charge >= 0.3 is 6.85 Å². The molecule has 0 radical (unpaired) electrons. The first-order valence-corrected chi connectivity index (χ1v) is 18.2. The Labute approximate surface area is 296 Å². The molecule has 3 aliphatic rings. The molecule has 0 unspecified atom stereocenters. The van der Waals surface area contributed by atoms with Gasteiger partial charge in [0, 0.05) is 33.0 Å². The van der Waals surface area contributed by atoms with Gasteiger partial charge in [-0.2, -0.15) is 0 Å². The predicted octanol–water partition coefficient (Wildman–Crippen LogP) is 10.6. The van der Waals surface area contributed by atoms with Crippen molar-refractivity contribution >= 4 is 66.9 Å². The van der Waals surface area contributed by atoms with E-state index in [0.29, 0.717) is 0 Å². The van der Waals surface area contributed by atoms with Gasteiger partial charge in [0.15, 0.2) is 0 Å². The molecule has 8 aromatic rings. The van der Waals surface area contributed by atoms with Crippen LogP contribution >= 0.6 is 11.3 Å². The quantitative estimate of drug-likeness (QED) is 0.175. The van der Waals surface area contributed by atoms with Crippen molar-refractivity contribution in [2.24, 2.45) is 0 Å². The zero-order valence-corrected chi connectivity index (χ0v) is 28.4. The second-order valence-electron chi connectivity index (χ2n) is 13.7. The summed E-state index contributed by atoms with van der Waals surface area (Å²) in [5.74, 6) is 0. The normalized spacial score (nSPS) is 14.5. The van der Waals surface area contributed by atoms with Crippen LogP contribution in [0.5, 0.6) is 0 Å². The molecule has 0 bridgehead atoms. The van der Waals surface area contributed by atoms with E-state index in [9.17, 15) is 0 Å². The fraction of sp³-hybridized carbons (Fsp3) is 0.0435. The molecule has 1 aromatic heterocycles. The van der Waals surface area contributed by atoms with Gasteiger partial charge in [0.05, 0.1) is 10.4 Å². The van der Waals surface area contributed by atoms with Crippen LogP contribution in [0.25, 0.3) is 21.2 Å². The lowest BCUT2D eigenvalue weighted by Gasteiger charge is -2.52. The molecular weight excluding hydrogens is 623 g/mol. The molecule has 2 nitrogen and oxygen atoms in total. The highest BCUT2D eigenvalue weighted by Crippen LogP contribution is 2.60. The summed E-state index contributed by atoms with van der Waals surface area (Å²) in [5, 5.41) is 2.63. The highest BCUT2D eigenvalue weighted by atomic mass is 32.1. The average Bonchev–Trinajstić information content (AvgIpc) is 3.56. The topological polar surface area (TPSA) is 6.48 Å². The summed E-state index contributed by atoms with van der Waals surface area (Å²) in [4.78, 5) is 5.25. The van der Waals surface area contributed by atoms with E-state index >= 15 is 0 Å². The second kappa shape index (κ2) is 10.3. The Morgan fingerprint density at radius 3 is 1.94 bits per heavy atom. The summed E-state index contributed by atoms with van der Waals surface area (Å²) in [6, 6.07) is 63.4. The molecule has 0 atom stereocenters. The Morgan fingerprint density at radius 1 is 0.540 bits per heavy atom. The fourth-order valence-electron chi connectivity index (χ4n) is 9.32. The summed E-state index contributed by atoms with van der Waals surface area (Å²) in [7, 11) is 0. The Hall–Kier alpha value is -5.84. The van der Waals surface area contributed by atoms with E-state index in [1.54, 1.807) is 0 Å². The molecule has 3 aliphatic heterocycles. The standard InChI is InChI=1S/C46H31BN2S/c1-30-28-36-34-23-15-25-38-44(34)49(39-26-13-12-24-37(39)46(38,31-16-5-2-6-17-31)32-18-7-3-8-19-32)47-42(36)40(29-30)48(33-20-9-4-10-21-33)45-43(47)35-22-11-14-27-41(35)50-45/h2-29H,1H3. The first-order chi connectivity index (χ1) is 24.7. The molecule has 7 aromatic carbocycles. The molecule has 0 saturated carbocycles. The van der Waals surface area contributed by atoms with Crippen molar-refractivity contribution in [1.29, 1.82) is 0 Å². The SMILES string of the molecule is Cc1cc2c3c(c1)N(c1ccccc1)c1sc4ccccc4c1B3N1c3ccccc3C(c3ccccc3)(c3ccccc3)c3cccc-2c31. The van der Waals surface area contributed by atoms with Crippen molar-refractivity contribution in [3.8, 4) is 11.1 Å². The van der Waals surface area contributed by atoms with Gasteiger partial charge < -0.3 is 9.71 Å². The van der Waals surface area contributed by atoms with Crippen molar-refractivity contribution in [3.05, 3.63) is 198 Å². The lowest BCUT2D eigenvalue weighted by molar-refractivity contribution is 0.734. The third-order valence-electron chi connectivity index (χ3n) is 11.1. The summed E-state index contributed by atoms with van der Waals surface area (Å²) in [5.41, 5.74) is 16.4. The molecule has 0 aliphatic carbocycles. The predicted molar refractivity (Wildman–Crippen MR) is 212 cm³/mol. The van der Waals surface area contributed by atoms with E-state index in [1.807, 2.05) is 11.3 Å². The highest BCUT2D eigenvalue weighted by molar-refractivity contribution is 7.26. The minimum atomic E-state index is -0.505. The number of hydrogen-bond acceptors (Lipinski definition) is 3. The maximum atomic E-state index is 2.71. The molecule has 11 rings (SSSR count). The van der Waals surface area contributed by atoms with Crippen LogP contribution in [0.4, 0.5) is 27.8 Å². The molecule has 0 saturated heterocycles. The summed E-state index contributed by atoms with van der Waals surface area (Å²) < 4.78 is 1.32. The van der Waals surface area contributed by atoms with Crippen LogP contribution in [0.3, 0.4) is 0 Å². The molecule has 4 heterocycles. The third kappa shape index (κ3) is 3.54. The highest BCUT2D eigenvalue weighted by Gasteiger charge is 2.54. The molecule has 0 fully saturated rings. The molecule has 234 valence electrons. The number of nitrogens with zero attached hydrogens (tertiary/aromatic N) is 2. The molecular formula is C46H31BN2S. The molecule has 0 amide bonds. The lowest BCUT2D eigenvalue weighted by atomic mass is 9.42. The van der Waals surface area contributed by atoms with Gasteiger partial charge in [-0.15, -0.1) is 11.3 Å². The van der Waals surface area contributed by atoms with E-state index < -0.39 is 5.41 Å². The first-order valence-electron chi connectivity index (χ1n) is 17.4. The second-order valence-corrected chi connectivity index (χ2v) is 14.7. The van der Waals surface area contributed by atoms with Crippen LogP contribution in [0.15, 0.2) is 170 Å². The zero-order valence-electron chi connectivity index (χ0n) is 27.5. The fourth-order valence-corrected chi connectivity index (χ4v) is 10.6. The van der Waals surface area contributed by atoms with Gasteiger partial charge in [-0.1, -0.05) is 140 Å². The van der Waals surface area contributed by atoms with Crippen molar-refractivity contribution in [3.63, 3.8) is 0 Å². The van der Waals surface area contributed by atoms with E-state index in [-0.39, 0.29) is 6.85 Å². The van der Waals surface area contributed by atoms with Crippen LogP contribution in [-0.2, 0) is 5.41 Å². The number of rotatable bonds is 3. The number of anilines is 5. The van der Waals surface area contributed by atoms with Gasteiger partial charge in [-0.05, 0) is 86.9 Å². The Kier molecular flexibility index (Phi) is 5.80. The Morgan fingerprint density at radius 2 is 1.18 bits per heavy atom. The monoisotopic (exact) mass is 654 g/mol. The van der Waals surface area contributed by atoms with Gasteiger partial charge in [0.25, 0.3) is 0 Å². The average molecular weight is 655 g/mol. The van der Waals surface area contributed by atoms with Gasteiger partial charge in [-0.25, -0.2) is 0 Å². The summed E-state index contributed by atoms with van der Waals surface area (Å²) >= 11 is 1.91. The molecule has 0 spiro atoms. The van der Waals surface area contributed by atoms with Crippen molar-refractivity contribution in [1.82, 2.24) is 0 Å². The van der Waals surface area contributed by atoms with Gasteiger partial charge in [-0.3, -0.25) is 0 Å². The van der Waals surface area contributed by atoms with Crippen molar-refractivity contribution in [2.45, 2.75) is 12.3 Å². The zero-order chi connectivity index (χ0) is 33.0. The van der Waals surface area contributed by atoms with Crippen LogP contribution in [0, 0.1) is 6.92 Å². The first kappa shape index (κ1) is 28.0. The third-order valence-corrected chi connectivity index (χ3v) is 12.3. The molecule has 50 heavy (non-hydrogen) atoms. The lowest BCUT2D eigenvalue weighted by Crippen LogP contribution is -2.63. The van der Waals surface area contributed by atoms with Crippen molar-refractivity contribution in [2.75, 3.05) is 9.71 Å². The van der Waals surface area contributed by atoms with E-state index in [0.717, 1.165) is 0 Å². The number of thiophene rings is 1. The van der Waals surface area contributed by atoms with Crippen molar-refractivity contribution < 1.29 is 0 Å². The number of para-hydroxylation sites is 3. The number of benzene rings is 7. The van der Waals surface area contributed by atoms with Crippen LogP contribution < -0.4 is 20.6 Å². The maximum absolute atomic E-state index is 2.71. The number of aryl methyl sites for hydroxylation is 1. The van der Waals surface area contributed by atoms with Gasteiger partial charge in [0.1, 0.15) is 0 Å². The largest absolute Gasteiger partial charge is 0.376 e. The number of fused-ring (bicyclic) bond motifs is 8. The van der Waals surface area contributed by atoms with E-state index in [1.165, 1.54) is 87.7 Å². The minimum absolute atomic E-state index is 0.00828. The molecule has 4 heteroatoms. The van der Waals surface area contributed by atoms with Gasteiger partial charge in [0.2, 0.25) is 0 Å². The summed E-state index contributed by atoms with van der Waals surface area (Å²) in [6.07, 6.45) is 0. The number of hydrogen-bond donors (Lipinski definition) is 0. The van der Waals surface area contributed by atoms with Crippen LogP contribution in [0.1, 0.15) is 27.8 Å². The smallest absolute Gasteiger partial charge is 0.334 e. The summed E-state index contributed by atoms with van der Waals surface area (Å²) in [6.45, 7) is 2.25. The maximum Gasteiger partial charge on any atom is 0.334 e. The Bertz CT molecular complexity index is 2590. The Balaban J connectivity index is 1.33. The minimum Gasteiger partial charge on any atom is -0.376 e. The van der Waals surface area contributed by atoms with Crippen LogP contribution in [-0.4, -0.2) is 6.85 Å². The van der Waals surface area contributed by atoms with E-state index in [4.69, 9.17) is 0 Å².